The van der Waals surface area contributed by atoms with E-state index in [2.05, 4.69) is 10.2 Å². The molecule has 0 saturated heterocycles. The Bertz CT molecular complexity index is 485. The van der Waals surface area contributed by atoms with Gasteiger partial charge in [-0.05, 0) is 40.2 Å². The molecule has 1 unspecified atom stereocenters. The lowest BCUT2D eigenvalue weighted by atomic mass is 10.2. The highest BCUT2D eigenvalue weighted by atomic mass is 35.5. The van der Waals surface area contributed by atoms with Gasteiger partial charge >= 0.3 is 0 Å². The molecule has 0 aliphatic heterocycles. The fourth-order valence-electron chi connectivity index (χ4n) is 1.70. The molecule has 0 radical (unpaired) electrons. The van der Waals surface area contributed by atoms with Crippen LogP contribution in [0.15, 0.2) is 12.1 Å². The van der Waals surface area contributed by atoms with Gasteiger partial charge in [-0.3, -0.25) is 9.69 Å². The minimum atomic E-state index is -0.295. The van der Waals surface area contributed by atoms with Crippen molar-refractivity contribution in [3.63, 3.8) is 0 Å². The van der Waals surface area contributed by atoms with E-state index in [9.17, 15) is 4.79 Å². The van der Waals surface area contributed by atoms with E-state index in [0.717, 1.165) is 13.1 Å². The Kier molecular flexibility index (Phi) is 6.74. The number of hydrogen-bond acceptors (Lipinski definition) is 4. The highest BCUT2D eigenvalue weighted by Crippen LogP contribution is 2.32. The van der Waals surface area contributed by atoms with Crippen LogP contribution >= 0.6 is 23.2 Å². The van der Waals surface area contributed by atoms with Gasteiger partial charge < -0.3 is 16.0 Å². The molecule has 0 aromatic heterocycles. The van der Waals surface area contributed by atoms with Crippen molar-refractivity contribution in [3.8, 4) is 0 Å². The van der Waals surface area contributed by atoms with Crippen LogP contribution in [0.4, 0.5) is 11.4 Å². The zero-order valence-electron chi connectivity index (χ0n) is 12.8. The van der Waals surface area contributed by atoms with E-state index in [0.29, 0.717) is 21.4 Å². The monoisotopic (exact) mass is 332 g/mol. The van der Waals surface area contributed by atoms with Crippen molar-refractivity contribution in [2.24, 2.45) is 0 Å². The smallest absolute Gasteiger partial charge is 0.241 e. The number of halogens is 2. The molecule has 0 fully saturated rings. The maximum absolute atomic E-state index is 12.3. The summed E-state index contributed by atoms with van der Waals surface area (Å²) < 4.78 is 0. The predicted molar refractivity (Wildman–Crippen MR) is 90.2 cm³/mol. The fraction of sp³-hybridized carbons (Fsp3) is 0.500. The average molecular weight is 333 g/mol. The van der Waals surface area contributed by atoms with Gasteiger partial charge in [-0.1, -0.05) is 23.2 Å². The van der Waals surface area contributed by atoms with Crippen LogP contribution in [-0.2, 0) is 4.79 Å². The highest BCUT2D eigenvalue weighted by molar-refractivity contribution is 6.37. The van der Waals surface area contributed by atoms with Crippen LogP contribution in [0.5, 0.6) is 0 Å². The number of hydrogen-bond donors (Lipinski definition) is 2. The van der Waals surface area contributed by atoms with Crippen molar-refractivity contribution in [2.75, 3.05) is 45.3 Å². The standard InChI is InChI=1S/C14H22Cl2N4O/c1-9(20(4)6-5-19(2)3)14(21)18-13-11(16)7-10(15)8-12(13)17/h7-9H,5-6,17H2,1-4H3,(H,18,21). The van der Waals surface area contributed by atoms with Gasteiger partial charge in [0, 0.05) is 18.1 Å². The first kappa shape index (κ1) is 18.0. The third-order valence-electron chi connectivity index (χ3n) is 3.27. The van der Waals surface area contributed by atoms with Crippen molar-refractivity contribution in [3.05, 3.63) is 22.2 Å². The van der Waals surface area contributed by atoms with Gasteiger partial charge in [0.25, 0.3) is 0 Å². The molecule has 0 heterocycles. The molecule has 0 aliphatic carbocycles. The van der Waals surface area contributed by atoms with Crippen LogP contribution < -0.4 is 11.1 Å². The second-order valence-corrected chi connectivity index (χ2v) is 6.14. The molecule has 0 bridgehead atoms. The van der Waals surface area contributed by atoms with E-state index in [4.69, 9.17) is 28.9 Å². The highest BCUT2D eigenvalue weighted by Gasteiger charge is 2.20. The minimum absolute atomic E-state index is 0.160. The number of anilines is 2. The molecule has 1 rings (SSSR count). The van der Waals surface area contributed by atoms with Gasteiger partial charge in [-0.15, -0.1) is 0 Å². The molecule has 3 N–H and O–H groups in total. The molecule has 7 heteroatoms. The van der Waals surface area contributed by atoms with Crippen molar-refractivity contribution in [1.29, 1.82) is 0 Å². The van der Waals surface area contributed by atoms with Crippen molar-refractivity contribution >= 4 is 40.5 Å². The molecule has 0 saturated carbocycles. The van der Waals surface area contributed by atoms with E-state index in [1.807, 2.05) is 33.0 Å². The normalized spacial score (nSPS) is 12.8. The molecule has 5 nitrogen and oxygen atoms in total. The molecule has 0 spiro atoms. The largest absolute Gasteiger partial charge is 0.397 e. The van der Waals surface area contributed by atoms with Crippen LogP contribution in [0.25, 0.3) is 0 Å². The molecule has 1 aromatic carbocycles. The number of nitrogen functional groups attached to an aromatic ring is 1. The maximum Gasteiger partial charge on any atom is 0.241 e. The van der Waals surface area contributed by atoms with Gasteiger partial charge in [0.1, 0.15) is 0 Å². The van der Waals surface area contributed by atoms with Gasteiger partial charge in [-0.2, -0.15) is 0 Å². The summed E-state index contributed by atoms with van der Waals surface area (Å²) in [6, 6.07) is 2.81. The maximum atomic E-state index is 12.3. The molecule has 1 atom stereocenters. The summed E-state index contributed by atoms with van der Waals surface area (Å²) in [5.74, 6) is -0.160. The van der Waals surface area contributed by atoms with Crippen LogP contribution in [0.1, 0.15) is 6.92 Å². The Labute approximate surface area is 136 Å². The Hall–Kier alpha value is -1.01. The molecule has 1 aromatic rings. The SMILES string of the molecule is CC(C(=O)Nc1c(N)cc(Cl)cc1Cl)N(C)CCN(C)C. The fourth-order valence-corrected chi connectivity index (χ4v) is 2.26. The second kappa shape index (κ2) is 7.84. The van der Waals surface area contributed by atoms with Crippen molar-refractivity contribution < 1.29 is 4.79 Å². The van der Waals surface area contributed by atoms with E-state index in [-0.39, 0.29) is 11.9 Å². The average Bonchev–Trinajstić information content (AvgIpc) is 2.38. The summed E-state index contributed by atoms with van der Waals surface area (Å²) in [5, 5.41) is 3.53. The number of likely N-dealkylation sites (N-methyl/N-ethyl adjacent to an activating group) is 2. The van der Waals surface area contributed by atoms with Gasteiger partial charge in [-0.25, -0.2) is 0 Å². The molecular formula is C14H22Cl2N4O. The van der Waals surface area contributed by atoms with Gasteiger partial charge in [0.05, 0.1) is 22.4 Å². The summed E-state index contributed by atoms with van der Waals surface area (Å²) in [4.78, 5) is 16.3. The Balaban J connectivity index is 2.72. The number of carbonyl (C=O) groups excluding carboxylic acids is 1. The molecule has 1 amide bonds. The molecule has 118 valence electrons. The molecule has 0 aliphatic rings. The first-order valence-corrected chi connectivity index (χ1v) is 7.38. The van der Waals surface area contributed by atoms with E-state index < -0.39 is 0 Å². The van der Waals surface area contributed by atoms with Crippen molar-refractivity contribution in [1.82, 2.24) is 9.80 Å². The van der Waals surface area contributed by atoms with Crippen molar-refractivity contribution in [2.45, 2.75) is 13.0 Å². The van der Waals surface area contributed by atoms with E-state index in [1.165, 1.54) is 0 Å². The minimum Gasteiger partial charge on any atom is -0.397 e. The lowest BCUT2D eigenvalue weighted by molar-refractivity contribution is -0.120. The molecular weight excluding hydrogens is 311 g/mol. The number of amides is 1. The predicted octanol–water partition coefficient (Wildman–Crippen LogP) is 2.40. The second-order valence-electron chi connectivity index (χ2n) is 5.30. The topological polar surface area (TPSA) is 61.6 Å². The van der Waals surface area contributed by atoms with Crippen LogP contribution in [0.3, 0.4) is 0 Å². The zero-order valence-corrected chi connectivity index (χ0v) is 14.3. The van der Waals surface area contributed by atoms with Crippen LogP contribution in [0.2, 0.25) is 10.0 Å². The third kappa shape index (κ3) is 5.36. The van der Waals surface area contributed by atoms with Crippen LogP contribution in [0, 0.1) is 0 Å². The van der Waals surface area contributed by atoms with Crippen LogP contribution in [-0.4, -0.2) is 56.0 Å². The first-order valence-electron chi connectivity index (χ1n) is 6.62. The Morgan fingerprint density at radius 3 is 2.43 bits per heavy atom. The quantitative estimate of drug-likeness (QED) is 0.785. The zero-order chi connectivity index (χ0) is 16.2. The summed E-state index contributed by atoms with van der Waals surface area (Å²) in [7, 11) is 5.89. The summed E-state index contributed by atoms with van der Waals surface area (Å²) in [6.07, 6.45) is 0. The number of nitrogens with two attached hydrogens (primary N) is 1. The number of carbonyl (C=O) groups is 1. The first-order chi connectivity index (χ1) is 9.72. The number of benzene rings is 1. The third-order valence-corrected chi connectivity index (χ3v) is 3.79. The molecule has 21 heavy (non-hydrogen) atoms. The van der Waals surface area contributed by atoms with E-state index >= 15 is 0 Å². The van der Waals surface area contributed by atoms with E-state index in [1.54, 1.807) is 12.1 Å². The van der Waals surface area contributed by atoms with Gasteiger partial charge in [0.2, 0.25) is 5.91 Å². The van der Waals surface area contributed by atoms with Gasteiger partial charge in [0.15, 0.2) is 0 Å². The number of rotatable bonds is 6. The summed E-state index contributed by atoms with van der Waals surface area (Å²) >= 11 is 11.9. The number of nitrogens with one attached hydrogen (secondary N) is 1. The lowest BCUT2D eigenvalue weighted by Crippen LogP contribution is -2.42. The Morgan fingerprint density at radius 2 is 1.90 bits per heavy atom. The Morgan fingerprint density at radius 1 is 1.29 bits per heavy atom. The number of nitrogens with zero attached hydrogens (tertiary/aromatic N) is 2. The lowest BCUT2D eigenvalue weighted by Gasteiger charge is -2.25. The summed E-state index contributed by atoms with van der Waals surface area (Å²) in [5.41, 5.74) is 6.59. The summed E-state index contributed by atoms with van der Waals surface area (Å²) in [6.45, 7) is 3.49.